The van der Waals surface area contributed by atoms with Gasteiger partial charge in [-0.2, -0.15) is 0 Å². The normalized spacial score (nSPS) is 11.2. The molecule has 1 rings (SSSR count). The van der Waals surface area contributed by atoms with Gasteiger partial charge in [0, 0.05) is 19.0 Å². The van der Waals surface area contributed by atoms with E-state index in [0.29, 0.717) is 0 Å². The number of hydrogen-bond donors (Lipinski definition) is 2. The van der Waals surface area contributed by atoms with Crippen LogP contribution in [-0.4, -0.2) is 48.5 Å². The fraction of sp³-hybridized carbons (Fsp3) is 0.400. The monoisotopic (exact) mass is 274 g/mol. The molecule has 0 unspecified atom stereocenters. The van der Waals surface area contributed by atoms with E-state index in [2.05, 4.69) is 5.32 Å². The predicted octanol–water partition coefficient (Wildman–Crippen LogP) is -0.653. The van der Waals surface area contributed by atoms with Gasteiger partial charge in [0.1, 0.15) is 22.1 Å². The molecule has 1 amide bonds. The number of carbonyl (C=O) groups is 2. The van der Waals surface area contributed by atoms with Gasteiger partial charge in [-0.3, -0.25) is 9.59 Å². The average Bonchev–Trinajstić information content (AvgIpc) is 2.62. The molecule has 8 heteroatoms. The second kappa shape index (κ2) is 5.67. The van der Waals surface area contributed by atoms with Crippen LogP contribution in [0.15, 0.2) is 18.3 Å². The second-order valence-corrected chi connectivity index (χ2v) is 6.06. The van der Waals surface area contributed by atoms with E-state index in [9.17, 15) is 18.0 Å². The Morgan fingerprint density at radius 2 is 2.11 bits per heavy atom. The number of nitrogens with one attached hydrogen (secondary N) is 1. The number of aromatic nitrogens is 1. The molecular weight excluding hydrogens is 260 g/mol. The van der Waals surface area contributed by atoms with Crippen molar-refractivity contribution in [1.82, 2.24) is 9.88 Å². The van der Waals surface area contributed by atoms with Gasteiger partial charge < -0.3 is 15.0 Å². The van der Waals surface area contributed by atoms with Crippen molar-refractivity contribution in [2.75, 3.05) is 18.6 Å². The highest BCUT2D eigenvalue weighted by Gasteiger charge is 2.12. The number of nitrogens with zero attached hydrogens (tertiary/aromatic N) is 1. The Balaban J connectivity index is 2.62. The summed E-state index contributed by atoms with van der Waals surface area (Å²) in [4.78, 5) is 22.2. The first kappa shape index (κ1) is 14.2. The first-order valence-electron chi connectivity index (χ1n) is 5.12. The molecule has 0 fully saturated rings. The van der Waals surface area contributed by atoms with E-state index in [0.717, 1.165) is 6.26 Å². The number of aliphatic carboxylic acids is 1. The van der Waals surface area contributed by atoms with E-state index in [-0.39, 0.29) is 24.5 Å². The first-order valence-corrected chi connectivity index (χ1v) is 7.18. The Bertz CT molecular complexity index is 546. The maximum Gasteiger partial charge on any atom is 0.323 e. The van der Waals surface area contributed by atoms with Crippen molar-refractivity contribution in [2.45, 2.75) is 6.54 Å². The second-order valence-electron chi connectivity index (χ2n) is 3.80. The molecule has 0 atom stereocenters. The Kier molecular flexibility index (Phi) is 4.49. The highest BCUT2D eigenvalue weighted by molar-refractivity contribution is 7.90. The fourth-order valence-electron chi connectivity index (χ4n) is 1.34. The molecule has 0 saturated heterocycles. The Labute approximate surface area is 104 Å². The summed E-state index contributed by atoms with van der Waals surface area (Å²) in [6.45, 7) is -0.322. The van der Waals surface area contributed by atoms with E-state index in [1.165, 1.54) is 16.8 Å². The Morgan fingerprint density at radius 3 is 2.67 bits per heavy atom. The molecule has 1 aromatic heterocycles. The number of sulfone groups is 1. The third-order valence-electron chi connectivity index (χ3n) is 2.13. The van der Waals surface area contributed by atoms with E-state index >= 15 is 0 Å². The number of carboxylic acid groups (broad SMARTS) is 1. The maximum atomic E-state index is 11.7. The molecule has 0 aliphatic carbocycles. The molecule has 0 bridgehead atoms. The Hall–Kier alpha value is -1.83. The SMILES string of the molecule is CS(=O)(=O)CCNC(=O)c1cccn1CC(=O)O. The minimum absolute atomic E-state index is 0.00405. The van der Waals surface area contributed by atoms with Crippen molar-refractivity contribution in [2.24, 2.45) is 0 Å². The highest BCUT2D eigenvalue weighted by atomic mass is 32.2. The number of carbonyl (C=O) groups excluding carboxylic acids is 1. The summed E-state index contributed by atoms with van der Waals surface area (Å²) < 4.78 is 23.0. The quantitative estimate of drug-likeness (QED) is 0.717. The lowest BCUT2D eigenvalue weighted by molar-refractivity contribution is -0.137. The molecule has 2 N–H and O–H groups in total. The molecule has 0 radical (unpaired) electrons. The van der Waals surface area contributed by atoms with E-state index < -0.39 is 21.7 Å². The lowest BCUT2D eigenvalue weighted by Gasteiger charge is -2.07. The topological polar surface area (TPSA) is 105 Å². The molecule has 1 heterocycles. The van der Waals surface area contributed by atoms with Crippen molar-refractivity contribution in [1.29, 1.82) is 0 Å². The standard InChI is InChI=1S/C10H14N2O5S/c1-18(16,17)6-4-11-10(15)8-3-2-5-12(8)7-9(13)14/h2-3,5H,4,6-7H2,1H3,(H,11,15)(H,13,14). The number of hydrogen-bond acceptors (Lipinski definition) is 4. The first-order chi connectivity index (χ1) is 8.29. The Morgan fingerprint density at radius 1 is 1.44 bits per heavy atom. The van der Waals surface area contributed by atoms with Crippen LogP contribution in [-0.2, 0) is 21.2 Å². The van der Waals surface area contributed by atoms with Gasteiger partial charge >= 0.3 is 5.97 Å². The van der Waals surface area contributed by atoms with Gasteiger partial charge in [0.05, 0.1) is 5.75 Å². The van der Waals surface area contributed by atoms with Crippen LogP contribution in [0.4, 0.5) is 0 Å². The average molecular weight is 274 g/mol. The molecule has 0 aliphatic heterocycles. The third-order valence-corrected chi connectivity index (χ3v) is 3.07. The molecular formula is C10H14N2O5S. The zero-order valence-electron chi connectivity index (χ0n) is 9.79. The van der Waals surface area contributed by atoms with Gasteiger partial charge in [0.2, 0.25) is 0 Å². The molecule has 100 valence electrons. The highest BCUT2D eigenvalue weighted by Crippen LogP contribution is 2.02. The minimum Gasteiger partial charge on any atom is -0.480 e. The minimum atomic E-state index is -3.13. The molecule has 1 aromatic rings. The summed E-state index contributed by atoms with van der Waals surface area (Å²) in [5, 5.41) is 11.1. The molecule has 0 aromatic carbocycles. The van der Waals surface area contributed by atoms with Crippen molar-refractivity contribution >= 4 is 21.7 Å². The zero-order valence-corrected chi connectivity index (χ0v) is 10.6. The molecule has 0 aliphatic rings. The van der Waals surface area contributed by atoms with Gasteiger partial charge in [-0.25, -0.2) is 8.42 Å². The van der Waals surface area contributed by atoms with Crippen LogP contribution in [0.5, 0.6) is 0 Å². The van der Waals surface area contributed by atoms with Crippen LogP contribution in [0.2, 0.25) is 0 Å². The van der Waals surface area contributed by atoms with Gasteiger partial charge in [-0.15, -0.1) is 0 Å². The molecule has 7 nitrogen and oxygen atoms in total. The zero-order chi connectivity index (χ0) is 13.8. The van der Waals surface area contributed by atoms with Crippen molar-refractivity contribution in [3.05, 3.63) is 24.0 Å². The predicted molar refractivity (Wildman–Crippen MR) is 64.1 cm³/mol. The molecule has 0 spiro atoms. The van der Waals surface area contributed by atoms with Crippen molar-refractivity contribution in [3.8, 4) is 0 Å². The summed E-state index contributed by atoms with van der Waals surface area (Å²) in [6, 6.07) is 3.02. The lowest BCUT2D eigenvalue weighted by Crippen LogP contribution is -2.30. The number of amides is 1. The van der Waals surface area contributed by atoms with Gasteiger partial charge in [0.15, 0.2) is 0 Å². The lowest BCUT2D eigenvalue weighted by atomic mass is 10.4. The van der Waals surface area contributed by atoms with Crippen molar-refractivity contribution < 1.29 is 23.1 Å². The molecule has 0 saturated carbocycles. The van der Waals surface area contributed by atoms with Crippen LogP contribution in [0, 0.1) is 0 Å². The van der Waals surface area contributed by atoms with Gasteiger partial charge in [-0.05, 0) is 12.1 Å². The van der Waals surface area contributed by atoms with Crippen LogP contribution in [0.3, 0.4) is 0 Å². The van der Waals surface area contributed by atoms with Crippen LogP contribution >= 0.6 is 0 Å². The number of rotatable bonds is 6. The third kappa shape index (κ3) is 4.58. The fourth-order valence-corrected chi connectivity index (χ4v) is 1.82. The van der Waals surface area contributed by atoms with Crippen molar-refractivity contribution in [3.63, 3.8) is 0 Å². The van der Waals surface area contributed by atoms with Crippen LogP contribution < -0.4 is 5.32 Å². The van der Waals surface area contributed by atoms with E-state index in [1.807, 2.05) is 0 Å². The van der Waals surface area contributed by atoms with E-state index in [1.54, 1.807) is 6.07 Å². The molecule has 18 heavy (non-hydrogen) atoms. The van der Waals surface area contributed by atoms with Crippen LogP contribution in [0.25, 0.3) is 0 Å². The van der Waals surface area contributed by atoms with Gasteiger partial charge in [0.25, 0.3) is 5.91 Å². The smallest absolute Gasteiger partial charge is 0.323 e. The summed E-state index contributed by atoms with van der Waals surface area (Å²) in [6.07, 6.45) is 2.55. The largest absolute Gasteiger partial charge is 0.480 e. The number of carboxylic acids is 1. The maximum absolute atomic E-state index is 11.7. The van der Waals surface area contributed by atoms with E-state index in [4.69, 9.17) is 5.11 Å². The summed E-state index contributed by atoms with van der Waals surface area (Å²) in [5.41, 5.74) is 0.186. The van der Waals surface area contributed by atoms with Crippen LogP contribution in [0.1, 0.15) is 10.5 Å². The summed E-state index contributed by atoms with van der Waals surface area (Å²) in [7, 11) is -3.13. The van der Waals surface area contributed by atoms with Gasteiger partial charge in [-0.1, -0.05) is 0 Å². The summed E-state index contributed by atoms with van der Waals surface area (Å²) in [5.74, 6) is -1.71. The summed E-state index contributed by atoms with van der Waals surface area (Å²) >= 11 is 0.